The zero-order valence-electron chi connectivity index (χ0n) is 20.3. The molecule has 180 valence electrons. The number of methoxy groups -OCH3 is 3. The third kappa shape index (κ3) is 7.01. The number of aliphatic hydroxyl groups is 1. The van der Waals surface area contributed by atoms with Crippen LogP contribution in [0.15, 0.2) is 65.9 Å². The molecule has 0 amide bonds. The molecule has 1 saturated carbocycles. The number of allylic oxidation sites excluding steroid dienone is 3. The molecule has 1 aliphatic carbocycles. The summed E-state index contributed by atoms with van der Waals surface area (Å²) >= 11 is 0. The van der Waals surface area contributed by atoms with E-state index in [1.807, 2.05) is 36.4 Å². The van der Waals surface area contributed by atoms with Gasteiger partial charge in [-0.3, -0.25) is 4.79 Å². The van der Waals surface area contributed by atoms with E-state index in [9.17, 15) is 9.90 Å². The summed E-state index contributed by atoms with van der Waals surface area (Å²) in [7, 11) is 4.78. The Balaban J connectivity index is 1.85. The molecular weight excluding hydrogens is 428 g/mol. The normalized spacial score (nSPS) is 15.4. The monoisotopic (exact) mass is 462 g/mol. The molecule has 1 fully saturated rings. The first-order valence-electron chi connectivity index (χ1n) is 11.7. The molecule has 34 heavy (non-hydrogen) atoms. The molecule has 5 heteroatoms. The first-order valence-corrected chi connectivity index (χ1v) is 11.7. The van der Waals surface area contributed by atoms with Gasteiger partial charge in [-0.25, -0.2) is 0 Å². The highest BCUT2D eigenvalue weighted by Crippen LogP contribution is 2.31. The van der Waals surface area contributed by atoms with Crippen LogP contribution in [0.3, 0.4) is 0 Å². The minimum absolute atomic E-state index is 0.00959. The first kappa shape index (κ1) is 25.2. The molecular formula is C29H34O5. The Morgan fingerprint density at radius 3 is 2.29 bits per heavy atom. The molecule has 0 unspecified atom stereocenters. The highest BCUT2D eigenvalue weighted by Gasteiger charge is 2.20. The molecule has 1 aliphatic rings. The van der Waals surface area contributed by atoms with Gasteiger partial charge >= 0.3 is 0 Å². The molecule has 0 bridgehead atoms. The molecule has 0 saturated heterocycles. The summed E-state index contributed by atoms with van der Waals surface area (Å²) in [6.45, 7) is 0. The Bertz CT molecular complexity index is 1060. The Morgan fingerprint density at radius 1 is 0.882 bits per heavy atom. The van der Waals surface area contributed by atoms with E-state index >= 15 is 0 Å². The summed E-state index contributed by atoms with van der Waals surface area (Å²) in [5.74, 6) is 2.20. The van der Waals surface area contributed by atoms with E-state index in [1.165, 1.54) is 25.3 Å². The fourth-order valence-corrected chi connectivity index (χ4v) is 4.26. The van der Waals surface area contributed by atoms with Gasteiger partial charge in [-0.1, -0.05) is 62.5 Å². The molecule has 0 aromatic heterocycles. The molecule has 3 rings (SSSR count). The smallest absolute Gasteiger partial charge is 0.185 e. The van der Waals surface area contributed by atoms with Crippen LogP contribution >= 0.6 is 0 Å². The van der Waals surface area contributed by atoms with E-state index in [4.69, 9.17) is 14.2 Å². The standard InChI is InChI=1S/C29H34O5/c1-32-24-11-7-10-22(18-24)12-15-26(30)25(19-21-8-5-4-6-9-21)27(31)16-13-23-14-17-28(33-2)29(20-23)34-3/h7,10-18,20-21,30H,4-6,8-9,19H2,1-3H3/b15-12+,16-13+,26-25-. The minimum Gasteiger partial charge on any atom is -0.508 e. The summed E-state index contributed by atoms with van der Waals surface area (Å²) < 4.78 is 15.9. The lowest BCUT2D eigenvalue weighted by molar-refractivity contribution is -0.111. The summed E-state index contributed by atoms with van der Waals surface area (Å²) in [5, 5.41) is 10.9. The maximum absolute atomic E-state index is 13.2. The zero-order valence-corrected chi connectivity index (χ0v) is 20.3. The van der Waals surface area contributed by atoms with Crippen LogP contribution in [0.2, 0.25) is 0 Å². The number of rotatable bonds is 10. The Labute approximate surface area is 202 Å². The minimum atomic E-state index is -0.187. The lowest BCUT2D eigenvalue weighted by Gasteiger charge is -2.22. The number of hydrogen-bond acceptors (Lipinski definition) is 5. The van der Waals surface area contributed by atoms with E-state index in [2.05, 4.69) is 0 Å². The predicted octanol–water partition coefficient (Wildman–Crippen LogP) is 6.79. The lowest BCUT2D eigenvalue weighted by Crippen LogP contribution is -2.12. The average Bonchev–Trinajstić information content (AvgIpc) is 2.89. The van der Waals surface area contributed by atoms with Crippen LogP contribution in [0.4, 0.5) is 0 Å². The number of benzene rings is 2. The molecule has 1 N–H and O–H groups in total. The topological polar surface area (TPSA) is 65.0 Å². The van der Waals surface area contributed by atoms with Crippen molar-refractivity contribution in [3.8, 4) is 17.2 Å². The van der Waals surface area contributed by atoms with Crippen LogP contribution in [0, 0.1) is 5.92 Å². The second-order valence-electron chi connectivity index (χ2n) is 8.49. The SMILES string of the molecule is COc1cccc(/C=C/C(O)=C(\CC2CCCCC2)C(=O)/C=C/c2ccc(OC)c(OC)c2)c1. The molecule has 0 aliphatic heterocycles. The van der Waals surface area contributed by atoms with Crippen LogP contribution in [-0.4, -0.2) is 32.2 Å². The van der Waals surface area contributed by atoms with Gasteiger partial charge in [0, 0.05) is 5.57 Å². The van der Waals surface area contributed by atoms with Crippen molar-refractivity contribution in [1.29, 1.82) is 0 Å². The largest absolute Gasteiger partial charge is 0.508 e. The van der Waals surface area contributed by atoms with Gasteiger partial charge in [0.15, 0.2) is 17.3 Å². The van der Waals surface area contributed by atoms with E-state index < -0.39 is 0 Å². The van der Waals surface area contributed by atoms with Crippen molar-refractivity contribution in [2.75, 3.05) is 21.3 Å². The number of ketones is 1. The van der Waals surface area contributed by atoms with Crippen LogP contribution in [0.25, 0.3) is 12.2 Å². The van der Waals surface area contributed by atoms with E-state index in [1.54, 1.807) is 45.6 Å². The Morgan fingerprint density at radius 2 is 1.59 bits per heavy atom. The summed E-state index contributed by atoms with van der Waals surface area (Å²) in [4.78, 5) is 13.2. The highest BCUT2D eigenvalue weighted by atomic mass is 16.5. The van der Waals surface area contributed by atoms with Crippen LogP contribution < -0.4 is 14.2 Å². The van der Waals surface area contributed by atoms with Crippen molar-refractivity contribution in [2.24, 2.45) is 5.92 Å². The second kappa shape index (κ2) is 12.7. The van der Waals surface area contributed by atoms with E-state index in [-0.39, 0.29) is 11.5 Å². The van der Waals surface area contributed by atoms with Crippen molar-refractivity contribution < 1.29 is 24.1 Å². The van der Waals surface area contributed by atoms with Gasteiger partial charge in [-0.15, -0.1) is 0 Å². The van der Waals surface area contributed by atoms with Crippen LogP contribution in [-0.2, 0) is 4.79 Å². The van der Waals surface area contributed by atoms with Crippen molar-refractivity contribution in [1.82, 2.24) is 0 Å². The Kier molecular flexibility index (Phi) is 9.39. The first-order chi connectivity index (χ1) is 16.5. The summed E-state index contributed by atoms with van der Waals surface area (Å²) in [6.07, 6.45) is 13.0. The van der Waals surface area contributed by atoms with Gasteiger partial charge in [0.25, 0.3) is 0 Å². The van der Waals surface area contributed by atoms with Crippen LogP contribution in [0.1, 0.15) is 49.7 Å². The molecule has 0 atom stereocenters. The molecule has 2 aromatic rings. The van der Waals surface area contributed by atoms with Crippen molar-refractivity contribution >= 4 is 17.9 Å². The summed E-state index contributed by atoms with van der Waals surface area (Å²) in [5.41, 5.74) is 2.15. The number of hydrogen-bond donors (Lipinski definition) is 1. The highest BCUT2D eigenvalue weighted by molar-refractivity contribution is 6.07. The van der Waals surface area contributed by atoms with Gasteiger partial charge in [-0.2, -0.15) is 0 Å². The quantitative estimate of drug-likeness (QED) is 0.239. The maximum atomic E-state index is 13.2. The van der Waals surface area contributed by atoms with Crippen molar-refractivity contribution in [3.63, 3.8) is 0 Å². The van der Waals surface area contributed by atoms with Gasteiger partial charge < -0.3 is 19.3 Å². The lowest BCUT2D eigenvalue weighted by atomic mass is 9.83. The fraction of sp³-hybridized carbons (Fsp3) is 0.345. The van der Waals surface area contributed by atoms with Crippen molar-refractivity contribution in [3.05, 3.63) is 77.1 Å². The molecule has 2 aromatic carbocycles. The number of ether oxygens (including phenoxy) is 3. The fourth-order valence-electron chi connectivity index (χ4n) is 4.26. The number of aliphatic hydroxyl groups excluding tert-OH is 1. The third-order valence-corrected chi connectivity index (χ3v) is 6.19. The number of carbonyl (C=O) groups is 1. The molecule has 5 nitrogen and oxygen atoms in total. The second-order valence-corrected chi connectivity index (χ2v) is 8.49. The van der Waals surface area contributed by atoms with Gasteiger partial charge in [-0.05, 0) is 59.9 Å². The van der Waals surface area contributed by atoms with Gasteiger partial charge in [0.1, 0.15) is 11.5 Å². The van der Waals surface area contributed by atoms with Gasteiger partial charge in [0.05, 0.1) is 21.3 Å². The van der Waals surface area contributed by atoms with Crippen molar-refractivity contribution in [2.45, 2.75) is 38.5 Å². The summed E-state index contributed by atoms with van der Waals surface area (Å²) in [6, 6.07) is 13.0. The number of carbonyl (C=O) groups excluding carboxylic acids is 1. The predicted molar refractivity (Wildman–Crippen MR) is 136 cm³/mol. The average molecular weight is 463 g/mol. The Hall–Kier alpha value is -3.47. The van der Waals surface area contributed by atoms with Gasteiger partial charge in [0.2, 0.25) is 0 Å². The van der Waals surface area contributed by atoms with E-state index in [0.717, 1.165) is 29.7 Å². The zero-order chi connectivity index (χ0) is 24.3. The maximum Gasteiger partial charge on any atom is 0.185 e. The molecule has 0 radical (unpaired) electrons. The van der Waals surface area contributed by atoms with Crippen LogP contribution in [0.5, 0.6) is 17.2 Å². The third-order valence-electron chi connectivity index (χ3n) is 6.19. The van der Waals surface area contributed by atoms with E-state index in [0.29, 0.717) is 29.4 Å². The molecule has 0 spiro atoms. The molecule has 0 heterocycles.